The zero-order valence-corrected chi connectivity index (χ0v) is 14.5. The number of amides is 2. The van der Waals surface area contributed by atoms with Crippen LogP contribution in [0.15, 0.2) is 28.8 Å². The van der Waals surface area contributed by atoms with Crippen molar-refractivity contribution in [3.63, 3.8) is 0 Å². The van der Waals surface area contributed by atoms with Crippen LogP contribution in [-0.2, 0) is 0 Å². The van der Waals surface area contributed by atoms with Crippen LogP contribution in [0.4, 0.5) is 9.18 Å². The highest BCUT2D eigenvalue weighted by molar-refractivity contribution is 5.75. The fraction of sp³-hybridized carbons (Fsp3) is 0.500. The Labute approximate surface area is 145 Å². The number of carbonyl (C=O) groups excluding carboxylic acids is 1. The average molecular weight is 344 g/mol. The van der Waals surface area contributed by atoms with Crippen molar-refractivity contribution in [1.29, 1.82) is 0 Å². The van der Waals surface area contributed by atoms with Crippen molar-refractivity contribution in [2.24, 2.45) is 17.3 Å². The fourth-order valence-corrected chi connectivity index (χ4v) is 3.76. The summed E-state index contributed by atoms with van der Waals surface area (Å²) >= 11 is 0. The van der Waals surface area contributed by atoms with E-state index in [1.165, 1.54) is 12.1 Å². The van der Waals surface area contributed by atoms with Gasteiger partial charge in [-0.05, 0) is 48.4 Å². The van der Waals surface area contributed by atoms with Crippen molar-refractivity contribution in [2.45, 2.75) is 26.8 Å². The van der Waals surface area contributed by atoms with Crippen molar-refractivity contribution in [1.82, 2.24) is 20.4 Å². The number of nitrogens with zero attached hydrogens (tertiary/aromatic N) is 3. The molecular weight excluding hydrogens is 323 g/mol. The third-order valence-corrected chi connectivity index (χ3v) is 5.66. The van der Waals surface area contributed by atoms with Gasteiger partial charge in [-0.15, -0.1) is 0 Å². The van der Waals surface area contributed by atoms with Crippen LogP contribution in [0, 0.1) is 23.1 Å². The Morgan fingerprint density at radius 2 is 1.96 bits per heavy atom. The Kier molecular flexibility index (Phi) is 3.56. The van der Waals surface area contributed by atoms with Crippen LogP contribution in [0.5, 0.6) is 0 Å². The first-order valence-corrected chi connectivity index (χ1v) is 8.51. The number of nitrogens with one attached hydrogen (secondary N) is 1. The van der Waals surface area contributed by atoms with E-state index < -0.39 is 0 Å². The lowest BCUT2D eigenvalue weighted by molar-refractivity contribution is 0.190. The lowest BCUT2D eigenvalue weighted by Gasteiger charge is -2.23. The molecule has 0 radical (unpaired) electrons. The van der Waals surface area contributed by atoms with Crippen molar-refractivity contribution < 1.29 is 13.7 Å². The summed E-state index contributed by atoms with van der Waals surface area (Å²) in [5, 5.41) is 6.82. The largest absolute Gasteiger partial charge is 0.337 e. The summed E-state index contributed by atoms with van der Waals surface area (Å²) in [7, 11) is 0. The van der Waals surface area contributed by atoms with Gasteiger partial charge in [0.15, 0.2) is 0 Å². The van der Waals surface area contributed by atoms with Gasteiger partial charge in [-0.25, -0.2) is 9.18 Å². The first kappa shape index (κ1) is 16.1. The molecule has 1 N–H and O–H groups in total. The Hall–Kier alpha value is -2.44. The Morgan fingerprint density at radius 3 is 2.60 bits per heavy atom. The van der Waals surface area contributed by atoms with Crippen LogP contribution in [-0.4, -0.2) is 34.2 Å². The van der Waals surface area contributed by atoms with Gasteiger partial charge in [0.2, 0.25) is 11.7 Å². The molecule has 0 bridgehead atoms. The number of fused-ring (bicyclic) bond motifs is 1. The number of benzene rings is 1. The molecule has 1 saturated heterocycles. The summed E-state index contributed by atoms with van der Waals surface area (Å²) in [4.78, 5) is 18.6. The smallest absolute Gasteiger partial charge is 0.318 e. The van der Waals surface area contributed by atoms with E-state index in [9.17, 15) is 9.18 Å². The Balaban J connectivity index is 1.38. The SMILES string of the molecule is C[C@H](NC(=O)N1C[C@@H]2[C@H](C1)C2(C)C)c1nc(-c2ccc(F)cc2)no1. The van der Waals surface area contributed by atoms with E-state index in [0.717, 1.165) is 13.1 Å². The first-order chi connectivity index (χ1) is 11.9. The molecule has 1 aliphatic carbocycles. The molecule has 1 saturated carbocycles. The minimum atomic E-state index is -0.390. The van der Waals surface area contributed by atoms with E-state index in [2.05, 4.69) is 29.3 Å². The summed E-state index contributed by atoms with van der Waals surface area (Å²) in [5.41, 5.74) is 1.04. The standard InChI is InChI=1S/C18H21FN4O2/c1-10(20-17(24)23-8-13-14(9-23)18(13,2)3)16-21-15(22-25-16)11-4-6-12(19)7-5-11/h4-7,10,13-14H,8-9H2,1-3H3,(H,20,24)/t10-,13-,14+/m0/s1. The van der Waals surface area contributed by atoms with Crippen LogP contribution in [0.2, 0.25) is 0 Å². The second-order valence-electron chi connectivity index (χ2n) is 7.57. The fourth-order valence-electron chi connectivity index (χ4n) is 3.76. The molecule has 2 aliphatic rings. The van der Waals surface area contributed by atoms with Crippen molar-refractivity contribution in [3.8, 4) is 11.4 Å². The molecular formula is C18H21FN4O2. The third-order valence-electron chi connectivity index (χ3n) is 5.66. The monoisotopic (exact) mass is 344 g/mol. The highest BCUT2D eigenvalue weighted by Gasteiger charge is 2.62. The van der Waals surface area contributed by atoms with Crippen LogP contribution in [0.25, 0.3) is 11.4 Å². The van der Waals surface area contributed by atoms with Gasteiger partial charge in [0, 0.05) is 18.7 Å². The normalized spacial score (nSPS) is 24.7. The summed E-state index contributed by atoms with van der Waals surface area (Å²) in [6.07, 6.45) is 0. The predicted molar refractivity (Wildman–Crippen MR) is 89.0 cm³/mol. The molecule has 132 valence electrons. The van der Waals surface area contributed by atoms with E-state index >= 15 is 0 Å². The molecule has 1 aliphatic heterocycles. The van der Waals surface area contributed by atoms with Crippen molar-refractivity contribution in [2.75, 3.05) is 13.1 Å². The molecule has 2 aromatic rings. The highest BCUT2D eigenvalue weighted by atomic mass is 19.1. The van der Waals surface area contributed by atoms with Gasteiger partial charge in [-0.3, -0.25) is 0 Å². The lowest BCUT2D eigenvalue weighted by atomic mass is 10.1. The number of hydrogen-bond donors (Lipinski definition) is 1. The van der Waals surface area contributed by atoms with E-state index in [1.54, 1.807) is 19.1 Å². The summed E-state index contributed by atoms with van der Waals surface area (Å²) in [5.74, 6) is 1.61. The van der Waals surface area contributed by atoms with E-state index in [1.807, 2.05) is 4.90 Å². The maximum absolute atomic E-state index is 13.0. The minimum absolute atomic E-state index is 0.1000. The van der Waals surface area contributed by atoms with Crippen LogP contribution < -0.4 is 5.32 Å². The maximum Gasteiger partial charge on any atom is 0.318 e. The number of hydrogen-bond acceptors (Lipinski definition) is 4. The molecule has 7 heteroatoms. The number of rotatable bonds is 3. The zero-order chi connectivity index (χ0) is 17.8. The van der Waals surface area contributed by atoms with Gasteiger partial charge >= 0.3 is 6.03 Å². The van der Waals surface area contributed by atoms with E-state index in [-0.39, 0.29) is 17.9 Å². The molecule has 3 atom stereocenters. The second-order valence-corrected chi connectivity index (χ2v) is 7.57. The molecule has 2 fully saturated rings. The van der Waals surface area contributed by atoms with Crippen molar-refractivity contribution in [3.05, 3.63) is 36.0 Å². The number of aromatic nitrogens is 2. The van der Waals surface area contributed by atoms with Crippen LogP contribution >= 0.6 is 0 Å². The molecule has 25 heavy (non-hydrogen) atoms. The van der Waals surface area contributed by atoms with Gasteiger partial charge < -0.3 is 14.7 Å². The molecule has 2 amide bonds. The Morgan fingerprint density at radius 1 is 1.32 bits per heavy atom. The van der Waals surface area contributed by atoms with E-state index in [0.29, 0.717) is 34.5 Å². The van der Waals surface area contributed by atoms with E-state index in [4.69, 9.17) is 4.52 Å². The number of likely N-dealkylation sites (tertiary alicyclic amines) is 1. The molecule has 2 heterocycles. The van der Waals surface area contributed by atoms with Crippen LogP contribution in [0.1, 0.15) is 32.7 Å². The van der Waals surface area contributed by atoms with Gasteiger partial charge in [0.05, 0.1) is 0 Å². The lowest BCUT2D eigenvalue weighted by Crippen LogP contribution is -2.41. The van der Waals surface area contributed by atoms with Gasteiger partial charge in [0.1, 0.15) is 11.9 Å². The number of urea groups is 1. The van der Waals surface area contributed by atoms with Crippen LogP contribution in [0.3, 0.4) is 0 Å². The highest BCUT2D eigenvalue weighted by Crippen LogP contribution is 2.61. The number of carbonyl (C=O) groups is 1. The maximum atomic E-state index is 13.0. The summed E-state index contributed by atoms with van der Waals surface area (Å²) in [6.45, 7) is 7.94. The quantitative estimate of drug-likeness (QED) is 0.928. The summed E-state index contributed by atoms with van der Waals surface area (Å²) in [6, 6.07) is 5.38. The number of piperidine rings is 1. The molecule has 1 aromatic carbocycles. The molecule has 6 nitrogen and oxygen atoms in total. The topological polar surface area (TPSA) is 71.3 Å². The molecule has 4 rings (SSSR count). The predicted octanol–water partition coefficient (Wildman–Crippen LogP) is 3.23. The second kappa shape index (κ2) is 5.54. The molecule has 0 spiro atoms. The van der Waals surface area contributed by atoms with Crippen molar-refractivity contribution >= 4 is 6.03 Å². The molecule has 0 unspecified atom stereocenters. The van der Waals surface area contributed by atoms with Gasteiger partial charge in [0.25, 0.3) is 0 Å². The Bertz CT molecular complexity index is 788. The third kappa shape index (κ3) is 2.77. The summed E-state index contributed by atoms with van der Waals surface area (Å²) < 4.78 is 18.2. The minimum Gasteiger partial charge on any atom is -0.337 e. The van der Waals surface area contributed by atoms with Gasteiger partial charge in [-0.2, -0.15) is 4.98 Å². The zero-order valence-electron chi connectivity index (χ0n) is 14.5. The van der Waals surface area contributed by atoms with Gasteiger partial charge in [-0.1, -0.05) is 19.0 Å². The number of halogens is 1. The first-order valence-electron chi connectivity index (χ1n) is 8.51. The average Bonchev–Trinajstić information content (AvgIpc) is 3.07. The molecule has 1 aromatic heterocycles.